The lowest BCUT2D eigenvalue weighted by Crippen LogP contribution is -2.11. The Kier molecular flexibility index (Phi) is 3.74. The minimum Gasteiger partial charge on any atom is -0.478 e. The molecule has 3 N–H and O–H groups in total. The molecule has 0 spiro atoms. The van der Waals surface area contributed by atoms with Gasteiger partial charge in [0.15, 0.2) is 0 Å². The molecule has 92 valence electrons. The highest BCUT2D eigenvalue weighted by atomic mass is 127. The first kappa shape index (κ1) is 13.9. The summed E-state index contributed by atoms with van der Waals surface area (Å²) in [4.78, 5) is 20.8. The van der Waals surface area contributed by atoms with Crippen LogP contribution in [0.3, 0.4) is 0 Å². The van der Waals surface area contributed by atoms with Crippen LogP contribution in [0.2, 0.25) is 0 Å². The molecule has 0 saturated carbocycles. The van der Waals surface area contributed by atoms with E-state index in [2.05, 4.69) is 0 Å². The van der Waals surface area contributed by atoms with Crippen LogP contribution in [0.1, 0.15) is 20.7 Å². The van der Waals surface area contributed by atoms with Crippen LogP contribution in [0.25, 0.3) is 0 Å². The zero-order valence-corrected chi connectivity index (χ0v) is 10.9. The van der Waals surface area contributed by atoms with Gasteiger partial charge in [-0.3, -0.25) is 4.55 Å². The van der Waals surface area contributed by atoms with E-state index in [4.69, 9.17) is 14.8 Å². The molecule has 0 aliphatic rings. The normalized spacial score (nSPS) is 11.2. The molecule has 0 atom stereocenters. The van der Waals surface area contributed by atoms with Gasteiger partial charge in [0.05, 0.1) is 16.0 Å². The Morgan fingerprint density at radius 1 is 1.06 bits per heavy atom. The summed E-state index contributed by atoms with van der Waals surface area (Å²) in [6.07, 6.45) is 0. The number of rotatable bonds is 3. The van der Waals surface area contributed by atoms with E-state index >= 15 is 0 Å². The first-order valence-electron chi connectivity index (χ1n) is 3.92. The monoisotopic (exact) mass is 372 g/mol. The van der Waals surface area contributed by atoms with Crippen molar-refractivity contribution in [3.8, 4) is 0 Å². The van der Waals surface area contributed by atoms with E-state index in [1.54, 1.807) is 0 Å². The lowest BCUT2D eigenvalue weighted by Gasteiger charge is -2.06. The Balaban J connectivity index is 3.71. The largest absolute Gasteiger partial charge is 0.478 e. The van der Waals surface area contributed by atoms with Gasteiger partial charge in [0, 0.05) is 3.57 Å². The maximum Gasteiger partial charge on any atom is 0.336 e. The van der Waals surface area contributed by atoms with E-state index in [9.17, 15) is 18.0 Å². The van der Waals surface area contributed by atoms with E-state index < -0.39 is 38.1 Å². The molecule has 17 heavy (non-hydrogen) atoms. The minimum atomic E-state index is -4.66. The van der Waals surface area contributed by atoms with Gasteiger partial charge in [-0.1, -0.05) is 0 Å². The van der Waals surface area contributed by atoms with Crippen molar-refractivity contribution in [1.82, 2.24) is 0 Å². The van der Waals surface area contributed by atoms with Crippen LogP contribution >= 0.6 is 22.6 Å². The highest BCUT2D eigenvalue weighted by Crippen LogP contribution is 2.23. The van der Waals surface area contributed by atoms with Crippen molar-refractivity contribution in [1.29, 1.82) is 0 Å². The van der Waals surface area contributed by atoms with Crippen molar-refractivity contribution >= 4 is 44.6 Å². The second-order valence-corrected chi connectivity index (χ2v) is 5.42. The first-order valence-corrected chi connectivity index (χ1v) is 6.44. The van der Waals surface area contributed by atoms with Crippen molar-refractivity contribution in [2.75, 3.05) is 0 Å². The maximum absolute atomic E-state index is 10.9. The van der Waals surface area contributed by atoms with Gasteiger partial charge in [0.25, 0.3) is 10.1 Å². The summed E-state index contributed by atoms with van der Waals surface area (Å²) in [7, 11) is -4.66. The SMILES string of the molecule is O=C(O)c1cc(S(=O)(=O)O)cc(C(=O)O)c1I. The zero-order chi connectivity index (χ0) is 13.4. The van der Waals surface area contributed by atoms with E-state index in [-0.39, 0.29) is 3.57 Å². The molecule has 1 aromatic carbocycles. The Bertz CT molecular complexity index is 569. The Morgan fingerprint density at radius 2 is 1.41 bits per heavy atom. The summed E-state index contributed by atoms with van der Waals surface area (Å²) in [6, 6.07) is 1.40. The Hall–Kier alpha value is -1.20. The minimum absolute atomic E-state index is 0.116. The van der Waals surface area contributed by atoms with Crippen LogP contribution in [-0.4, -0.2) is 35.1 Å². The summed E-state index contributed by atoms with van der Waals surface area (Å²) >= 11 is 1.48. The fraction of sp³-hybridized carbons (Fsp3) is 0. The molecule has 0 unspecified atom stereocenters. The fourth-order valence-electron chi connectivity index (χ4n) is 1.06. The number of carbonyl (C=O) groups is 2. The average Bonchev–Trinajstić information content (AvgIpc) is 2.14. The number of carboxylic acid groups (broad SMARTS) is 2. The fourth-order valence-corrected chi connectivity index (χ4v) is 2.36. The molecule has 1 aromatic rings. The summed E-state index contributed by atoms with van der Waals surface area (Å²) in [6.45, 7) is 0. The predicted molar refractivity (Wildman–Crippen MR) is 62.9 cm³/mol. The maximum atomic E-state index is 10.9. The smallest absolute Gasteiger partial charge is 0.336 e. The molecule has 1 rings (SSSR count). The van der Waals surface area contributed by atoms with Crippen molar-refractivity contribution in [3.63, 3.8) is 0 Å². The number of halogens is 1. The van der Waals surface area contributed by atoms with Gasteiger partial charge in [-0.25, -0.2) is 9.59 Å². The van der Waals surface area contributed by atoms with Crippen molar-refractivity contribution in [2.45, 2.75) is 4.90 Å². The van der Waals surface area contributed by atoms with E-state index in [1.165, 1.54) is 22.6 Å². The standard InChI is InChI=1S/C8H5IO7S/c9-6-4(7(10)11)1-3(17(14,15)16)2-5(6)8(12)13/h1-2H,(H,10,11)(H,12,13)(H,14,15,16). The lowest BCUT2D eigenvalue weighted by molar-refractivity contribution is 0.0695. The highest BCUT2D eigenvalue weighted by Gasteiger charge is 2.22. The van der Waals surface area contributed by atoms with E-state index in [0.717, 1.165) is 0 Å². The number of hydrogen-bond acceptors (Lipinski definition) is 4. The van der Waals surface area contributed by atoms with E-state index in [1.807, 2.05) is 0 Å². The lowest BCUT2D eigenvalue weighted by atomic mass is 10.1. The molecule has 0 bridgehead atoms. The molecule has 9 heteroatoms. The van der Waals surface area contributed by atoms with Crippen molar-refractivity contribution < 1.29 is 32.8 Å². The van der Waals surface area contributed by atoms with Gasteiger partial charge in [0.2, 0.25) is 0 Å². The van der Waals surface area contributed by atoms with E-state index in [0.29, 0.717) is 12.1 Å². The van der Waals surface area contributed by atoms with Gasteiger partial charge < -0.3 is 10.2 Å². The van der Waals surface area contributed by atoms with Crippen LogP contribution in [0.5, 0.6) is 0 Å². The first-order chi connectivity index (χ1) is 7.64. The summed E-state index contributed by atoms with van der Waals surface area (Å²) in [5, 5.41) is 17.6. The molecule has 0 fully saturated rings. The summed E-state index contributed by atoms with van der Waals surface area (Å²) < 4.78 is 30.4. The number of hydrogen-bond donors (Lipinski definition) is 3. The highest BCUT2D eigenvalue weighted by molar-refractivity contribution is 14.1. The topological polar surface area (TPSA) is 129 Å². The third kappa shape index (κ3) is 2.92. The summed E-state index contributed by atoms with van der Waals surface area (Å²) in [5.74, 6) is -2.97. The van der Waals surface area contributed by atoms with Crippen molar-refractivity contribution in [2.24, 2.45) is 0 Å². The van der Waals surface area contributed by atoms with Gasteiger partial charge in [-0.15, -0.1) is 0 Å². The third-order valence-electron chi connectivity index (χ3n) is 1.80. The Morgan fingerprint density at radius 3 is 1.65 bits per heavy atom. The third-order valence-corrected chi connectivity index (χ3v) is 3.80. The number of aromatic carboxylic acids is 2. The molecule has 7 nitrogen and oxygen atoms in total. The zero-order valence-electron chi connectivity index (χ0n) is 7.92. The van der Waals surface area contributed by atoms with Crippen LogP contribution in [0.15, 0.2) is 17.0 Å². The van der Waals surface area contributed by atoms with Gasteiger partial charge in [-0.05, 0) is 34.7 Å². The van der Waals surface area contributed by atoms with Crippen LogP contribution in [-0.2, 0) is 10.1 Å². The molecular formula is C8H5IO7S. The average molecular weight is 372 g/mol. The van der Waals surface area contributed by atoms with Gasteiger partial charge in [-0.2, -0.15) is 8.42 Å². The van der Waals surface area contributed by atoms with Crippen molar-refractivity contribution in [3.05, 3.63) is 26.8 Å². The van der Waals surface area contributed by atoms with Gasteiger partial charge >= 0.3 is 11.9 Å². The molecule has 0 aliphatic heterocycles. The molecule has 0 saturated heterocycles. The molecule has 0 heterocycles. The predicted octanol–water partition coefficient (Wildman–Crippen LogP) is 0.934. The van der Waals surface area contributed by atoms with Crippen LogP contribution in [0.4, 0.5) is 0 Å². The van der Waals surface area contributed by atoms with Gasteiger partial charge in [0.1, 0.15) is 0 Å². The quantitative estimate of drug-likeness (QED) is 0.532. The van der Waals surface area contributed by atoms with Crippen LogP contribution in [0, 0.1) is 3.57 Å². The molecular weight excluding hydrogens is 367 g/mol. The second-order valence-electron chi connectivity index (χ2n) is 2.92. The summed E-state index contributed by atoms with van der Waals surface area (Å²) in [5.41, 5.74) is -1.00. The number of benzene rings is 1. The van der Waals surface area contributed by atoms with Crippen LogP contribution < -0.4 is 0 Å². The molecule has 0 radical (unpaired) electrons. The molecule has 0 amide bonds. The number of carboxylic acids is 2. The Labute approximate surface area is 109 Å². The molecule has 0 aliphatic carbocycles. The molecule has 0 aromatic heterocycles. The second kappa shape index (κ2) is 4.58.